The fourth-order valence-corrected chi connectivity index (χ4v) is 2.56. The Bertz CT molecular complexity index is 688. The lowest BCUT2D eigenvalue weighted by Gasteiger charge is -2.19. The molecule has 0 saturated carbocycles. The number of aliphatic imine (C=N–C) groups is 1. The van der Waals surface area contributed by atoms with E-state index in [2.05, 4.69) is 21.7 Å². The molecule has 1 heterocycles. The van der Waals surface area contributed by atoms with Gasteiger partial charge >= 0.3 is 0 Å². The smallest absolute Gasteiger partial charge is 0.191 e. The van der Waals surface area contributed by atoms with Crippen molar-refractivity contribution in [2.24, 2.45) is 4.99 Å². The van der Waals surface area contributed by atoms with Crippen LogP contribution in [0.15, 0.2) is 52.1 Å². The number of para-hydroxylation sites is 1. The molecule has 2 rings (SSSR count). The summed E-state index contributed by atoms with van der Waals surface area (Å²) < 4.78 is 11.0. The van der Waals surface area contributed by atoms with Crippen molar-refractivity contribution < 1.29 is 14.3 Å². The monoisotopic (exact) mass is 487 g/mol. The van der Waals surface area contributed by atoms with E-state index in [1.165, 1.54) is 0 Å². The summed E-state index contributed by atoms with van der Waals surface area (Å²) >= 11 is 0. The minimum Gasteiger partial charge on any atom is -0.494 e. The average Bonchev–Trinajstić information content (AvgIpc) is 3.17. The summed E-state index contributed by atoms with van der Waals surface area (Å²) in [4.78, 5) is 4.48. The van der Waals surface area contributed by atoms with Crippen LogP contribution in [0, 0.1) is 0 Å². The van der Waals surface area contributed by atoms with Gasteiger partial charge in [0.25, 0.3) is 0 Å². The van der Waals surface area contributed by atoms with Gasteiger partial charge in [-0.1, -0.05) is 18.2 Å². The predicted octanol–water partition coefficient (Wildman–Crippen LogP) is 3.30. The van der Waals surface area contributed by atoms with Gasteiger partial charge in [-0.15, -0.1) is 24.0 Å². The molecule has 1 atom stereocenters. The second-order valence-corrected chi connectivity index (χ2v) is 6.16. The highest BCUT2D eigenvalue weighted by Gasteiger charge is 2.26. The summed E-state index contributed by atoms with van der Waals surface area (Å²) in [5, 5.41) is 17.0. The van der Waals surface area contributed by atoms with Crippen LogP contribution >= 0.6 is 24.0 Å². The van der Waals surface area contributed by atoms with Crippen LogP contribution in [0.1, 0.15) is 32.1 Å². The summed E-state index contributed by atoms with van der Waals surface area (Å²) in [6.07, 6.45) is 2.36. The van der Waals surface area contributed by atoms with Crippen molar-refractivity contribution >= 4 is 29.9 Å². The van der Waals surface area contributed by atoms with Gasteiger partial charge in [-0.2, -0.15) is 0 Å². The predicted molar refractivity (Wildman–Crippen MR) is 119 cm³/mol. The van der Waals surface area contributed by atoms with E-state index in [1.54, 1.807) is 25.3 Å². The zero-order valence-corrected chi connectivity index (χ0v) is 18.5. The first-order valence-corrected chi connectivity index (χ1v) is 9.06. The molecule has 3 N–H and O–H groups in total. The van der Waals surface area contributed by atoms with Gasteiger partial charge in [-0.25, -0.2) is 4.99 Å². The van der Waals surface area contributed by atoms with Crippen molar-refractivity contribution in [2.45, 2.75) is 32.8 Å². The van der Waals surface area contributed by atoms with Crippen molar-refractivity contribution in [3.05, 3.63) is 54.0 Å². The molecule has 0 spiro atoms. The first-order valence-electron chi connectivity index (χ1n) is 9.06. The largest absolute Gasteiger partial charge is 0.494 e. The molecular formula is C20H30IN3O3. The number of guanidine groups is 1. The number of aliphatic hydroxyl groups is 1. The number of hydrogen-bond donors (Lipinski definition) is 3. The number of nitrogens with one attached hydrogen (secondary N) is 2. The zero-order valence-electron chi connectivity index (χ0n) is 16.2. The van der Waals surface area contributed by atoms with E-state index in [1.807, 2.05) is 32.0 Å². The maximum Gasteiger partial charge on any atom is 0.191 e. The third-order valence-corrected chi connectivity index (χ3v) is 3.90. The van der Waals surface area contributed by atoms with E-state index in [0.29, 0.717) is 24.9 Å². The average molecular weight is 487 g/mol. The second-order valence-electron chi connectivity index (χ2n) is 6.16. The summed E-state index contributed by atoms with van der Waals surface area (Å²) in [7, 11) is 0. The maximum absolute atomic E-state index is 10.5. The number of benzene rings is 1. The van der Waals surface area contributed by atoms with E-state index in [9.17, 15) is 5.11 Å². The number of ether oxygens (including phenoxy) is 1. The van der Waals surface area contributed by atoms with Gasteiger partial charge in [0.1, 0.15) is 17.1 Å². The topological polar surface area (TPSA) is 79.0 Å². The molecule has 2 aromatic rings. The molecule has 0 bridgehead atoms. The van der Waals surface area contributed by atoms with E-state index in [-0.39, 0.29) is 30.5 Å². The Morgan fingerprint density at radius 1 is 1.19 bits per heavy atom. The minimum atomic E-state index is -1.15. The molecule has 150 valence electrons. The van der Waals surface area contributed by atoms with E-state index < -0.39 is 5.60 Å². The lowest BCUT2D eigenvalue weighted by molar-refractivity contribution is 0.0437. The Labute approximate surface area is 178 Å². The molecule has 0 aliphatic rings. The van der Waals surface area contributed by atoms with E-state index >= 15 is 0 Å². The molecule has 0 aliphatic carbocycles. The van der Waals surface area contributed by atoms with Crippen LogP contribution < -0.4 is 15.4 Å². The summed E-state index contributed by atoms with van der Waals surface area (Å²) in [5.74, 6) is 2.08. The van der Waals surface area contributed by atoms with Gasteiger partial charge in [-0.05, 0) is 51.0 Å². The van der Waals surface area contributed by atoms with Gasteiger partial charge in [-0.3, -0.25) is 0 Å². The molecule has 27 heavy (non-hydrogen) atoms. The lowest BCUT2D eigenvalue weighted by atomic mass is 10.0. The van der Waals surface area contributed by atoms with Crippen molar-refractivity contribution in [1.29, 1.82) is 0 Å². The van der Waals surface area contributed by atoms with Crippen LogP contribution in [0.4, 0.5) is 0 Å². The van der Waals surface area contributed by atoms with Crippen molar-refractivity contribution in [2.75, 3.05) is 26.2 Å². The van der Waals surface area contributed by atoms with E-state index in [0.717, 1.165) is 24.3 Å². The number of nitrogens with zero attached hydrogens (tertiary/aromatic N) is 1. The van der Waals surface area contributed by atoms with Gasteiger partial charge in [0.2, 0.25) is 0 Å². The fourth-order valence-electron chi connectivity index (χ4n) is 2.56. The number of hydrogen-bond acceptors (Lipinski definition) is 4. The molecular weight excluding hydrogens is 457 g/mol. The minimum absolute atomic E-state index is 0. The Morgan fingerprint density at radius 2 is 1.96 bits per heavy atom. The highest BCUT2D eigenvalue weighted by atomic mass is 127. The van der Waals surface area contributed by atoms with Crippen LogP contribution in [0.3, 0.4) is 0 Å². The highest BCUT2D eigenvalue weighted by Crippen LogP contribution is 2.21. The zero-order chi connectivity index (χ0) is 18.8. The number of halogens is 1. The Kier molecular flexibility index (Phi) is 10.2. The third kappa shape index (κ3) is 7.42. The SMILES string of the molecule is CCNC(=NCC(C)(O)c1ccco1)NCCc1ccccc1OCC.I. The standard InChI is InChI=1S/C20H29N3O3.HI/c1-4-21-19(23-15-20(3,24)18-11-8-14-26-18)22-13-12-16-9-6-7-10-17(16)25-5-2;/h6-11,14,24H,4-5,12-13,15H2,1-3H3,(H2,21,22,23);1H. The summed E-state index contributed by atoms with van der Waals surface area (Å²) in [6.45, 7) is 7.98. The van der Waals surface area contributed by atoms with Gasteiger partial charge in [0.05, 0.1) is 19.4 Å². The highest BCUT2D eigenvalue weighted by molar-refractivity contribution is 14.0. The van der Waals surface area contributed by atoms with Crippen molar-refractivity contribution in [3.63, 3.8) is 0 Å². The molecule has 0 amide bonds. The van der Waals surface area contributed by atoms with Crippen LogP contribution in [0.25, 0.3) is 0 Å². The first-order chi connectivity index (χ1) is 12.6. The van der Waals surface area contributed by atoms with Crippen LogP contribution in [-0.4, -0.2) is 37.3 Å². The Balaban J connectivity index is 0.00000364. The van der Waals surface area contributed by atoms with E-state index in [4.69, 9.17) is 9.15 Å². The lowest BCUT2D eigenvalue weighted by Crippen LogP contribution is -2.39. The molecule has 7 heteroatoms. The molecule has 6 nitrogen and oxygen atoms in total. The van der Waals surface area contributed by atoms with Gasteiger partial charge in [0.15, 0.2) is 5.96 Å². The fraction of sp³-hybridized carbons (Fsp3) is 0.450. The molecule has 1 unspecified atom stereocenters. The normalized spacial score (nSPS) is 13.4. The number of rotatable bonds is 9. The van der Waals surface area contributed by atoms with Gasteiger partial charge in [0, 0.05) is 13.1 Å². The first kappa shape index (κ1) is 23.3. The molecule has 1 aromatic heterocycles. The maximum atomic E-state index is 10.5. The molecule has 0 saturated heterocycles. The van der Waals surface area contributed by atoms with Crippen LogP contribution in [-0.2, 0) is 12.0 Å². The third-order valence-electron chi connectivity index (χ3n) is 3.90. The van der Waals surface area contributed by atoms with Gasteiger partial charge < -0.3 is 24.9 Å². The van der Waals surface area contributed by atoms with Crippen molar-refractivity contribution in [1.82, 2.24) is 10.6 Å². The summed E-state index contributed by atoms with van der Waals surface area (Å²) in [6, 6.07) is 11.5. The molecule has 0 aliphatic heterocycles. The molecule has 0 fully saturated rings. The molecule has 1 aromatic carbocycles. The number of furan rings is 1. The quantitative estimate of drug-likeness (QED) is 0.288. The molecule has 0 radical (unpaired) electrons. The Hall–Kier alpha value is -1.74. The second kappa shape index (κ2) is 11.9. The summed E-state index contributed by atoms with van der Waals surface area (Å²) in [5.41, 5.74) is 0.00762. The van der Waals surface area contributed by atoms with Crippen LogP contribution in [0.5, 0.6) is 5.75 Å². The van der Waals surface area contributed by atoms with Crippen molar-refractivity contribution in [3.8, 4) is 5.75 Å². The van der Waals surface area contributed by atoms with Crippen LogP contribution in [0.2, 0.25) is 0 Å². The Morgan fingerprint density at radius 3 is 2.63 bits per heavy atom.